The largest absolute Gasteiger partial charge is 0.346 e. The maximum atomic E-state index is 4.64. The van der Waals surface area contributed by atoms with Crippen molar-refractivity contribution in [1.82, 2.24) is 19.7 Å². The Morgan fingerprint density at radius 1 is 1.58 bits per heavy atom. The molecule has 3 aromatic heterocycles. The second kappa shape index (κ2) is 4.64. The predicted molar refractivity (Wildman–Crippen MR) is 72.9 cm³/mol. The first-order valence-corrected chi connectivity index (χ1v) is 6.26. The standard InChI is InChI=1S/C13H15N6/c1-3-6-10(14-4-2)11-9-15-12-13(16-11)18-7-5-8-19(18)17-12/h4-9H,3H2,1-2H3,(H,15,17)/q+1/b10-6-,14-4?. The summed E-state index contributed by atoms with van der Waals surface area (Å²) < 4.78 is 3.74. The monoisotopic (exact) mass is 255 g/mol. The van der Waals surface area contributed by atoms with Gasteiger partial charge in [0.2, 0.25) is 0 Å². The molecule has 0 fully saturated rings. The van der Waals surface area contributed by atoms with Gasteiger partial charge < -0.3 is 0 Å². The average Bonchev–Trinajstić information content (AvgIpc) is 2.98. The topological polar surface area (TPSA) is 62.4 Å². The molecule has 0 bridgehead atoms. The zero-order valence-corrected chi connectivity index (χ0v) is 10.9. The molecule has 96 valence electrons. The van der Waals surface area contributed by atoms with Crippen LogP contribution in [-0.4, -0.2) is 25.9 Å². The van der Waals surface area contributed by atoms with Crippen LogP contribution in [0.15, 0.2) is 35.7 Å². The number of aromatic amines is 1. The summed E-state index contributed by atoms with van der Waals surface area (Å²) >= 11 is 0. The number of hydrogen-bond donors (Lipinski definition) is 1. The van der Waals surface area contributed by atoms with E-state index < -0.39 is 0 Å². The molecule has 0 atom stereocenters. The second-order valence-corrected chi connectivity index (χ2v) is 4.10. The van der Waals surface area contributed by atoms with Crippen molar-refractivity contribution in [2.75, 3.05) is 0 Å². The Bertz CT molecular complexity index is 777. The maximum Gasteiger partial charge on any atom is 0.346 e. The quantitative estimate of drug-likeness (QED) is 0.571. The van der Waals surface area contributed by atoms with Gasteiger partial charge in [0.05, 0.1) is 18.6 Å². The van der Waals surface area contributed by atoms with E-state index in [-0.39, 0.29) is 0 Å². The zero-order valence-electron chi connectivity index (χ0n) is 10.9. The van der Waals surface area contributed by atoms with E-state index >= 15 is 0 Å². The summed E-state index contributed by atoms with van der Waals surface area (Å²) in [7, 11) is 0. The molecule has 0 amide bonds. The van der Waals surface area contributed by atoms with Crippen molar-refractivity contribution in [3.8, 4) is 0 Å². The van der Waals surface area contributed by atoms with Crippen LogP contribution in [0.5, 0.6) is 0 Å². The van der Waals surface area contributed by atoms with E-state index in [1.807, 2.05) is 40.6 Å². The first-order chi connectivity index (χ1) is 9.33. The van der Waals surface area contributed by atoms with Crippen LogP contribution in [-0.2, 0) is 0 Å². The fourth-order valence-electron chi connectivity index (χ4n) is 2.01. The number of nitrogens with zero attached hydrogens (tertiary/aromatic N) is 5. The molecule has 0 spiro atoms. The summed E-state index contributed by atoms with van der Waals surface area (Å²) in [6.45, 7) is 3.97. The van der Waals surface area contributed by atoms with Gasteiger partial charge in [-0.3, -0.25) is 4.99 Å². The van der Waals surface area contributed by atoms with Crippen molar-refractivity contribution in [2.24, 2.45) is 4.99 Å². The molecule has 6 nitrogen and oxygen atoms in total. The highest BCUT2D eigenvalue weighted by atomic mass is 15.5. The van der Waals surface area contributed by atoms with Crippen LogP contribution in [0.3, 0.4) is 0 Å². The molecule has 0 saturated carbocycles. The fraction of sp³-hybridized carbons (Fsp3) is 0.231. The van der Waals surface area contributed by atoms with E-state index in [0.717, 1.165) is 29.1 Å². The first kappa shape index (κ1) is 11.6. The van der Waals surface area contributed by atoms with Gasteiger partial charge in [-0.2, -0.15) is 5.10 Å². The smallest absolute Gasteiger partial charge is 0.258 e. The van der Waals surface area contributed by atoms with Gasteiger partial charge in [0, 0.05) is 6.21 Å². The molecule has 1 N–H and O–H groups in total. The number of hydrogen-bond acceptors (Lipinski definition) is 3. The van der Waals surface area contributed by atoms with Crippen molar-refractivity contribution in [3.63, 3.8) is 0 Å². The summed E-state index contributed by atoms with van der Waals surface area (Å²) in [6.07, 6.45) is 10.3. The van der Waals surface area contributed by atoms with E-state index in [1.165, 1.54) is 0 Å². The molecule has 0 saturated heterocycles. The summed E-state index contributed by atoms with van der Waals surface area (Å²) in [5.41, 5.74) is 3.17. The lowest BCUT2D eigenvalue weighted by molar-refractivity contribution is -0.594. The molecule has 0 radical (unpaired) electrons. The Morgan fingerprint density at radius 3 is 3.26 bits per heavy atom. The minimum absolute atomic E-state index is 0.751. The number of fused-ring (bicyclic) bond motifs is 3. The van der Waals surface area contributed by atoms with Gasteiger partial charge in [0.1, 0.15) is 5.70 Å². The molecule has 0 aromatic carbocycles. The number of H-pyrrole nitrogens is 1. The maximum absolute atomic E-state index is 4.64. The Hall–Kier alpha value is -2.50. The summed E-state index contributed by atoms with van der Waals surface area (Å²) in [5, 5.41) is 3.14. The minimum atomic E-state index is 0.751. The van der Waals surface area contributed by atoms with Crippen LogP contribution in [0.2, 0.25) is 0 Å². The second-order valence-electron chi connectivity index (χ2n) is 4.10. The van der Waals surface area contributed by atoms with Crippen LogP contribution >= 0.6 is 0 Å². The minimum Gasteiger partial charge on any atom is -0.258 e. The van der Waals surface area contributed by atoms with Crippen LogP contribution in [0.25, 0.3) is 17.0 Å². The Kier molecular flexibility index (Phi) is 2.83. The number of aromatic nitrogens is 5. The van der Waals surface area contributed by atoms with Gasteiger partial charge in [-0.25, -0.2) is 4.98 Å². The van der Waals surface area contributed by atoms with Crippen molar-refractivity contribution in [2.45, 2.75) is 20.3 Å². The van der Waals surface area contributed by atoms with E-state index in [2.05, 4.69) is 27.0 Å². The Labute approximate surface area is 110 Å². The molecular weight excluding hydrogens is 240 g/mol. The van der Waals surface area contributed by atoms with Gasteiger partial charge in [0.15, 0.2) is 5.69 Å². The van der Waals surface area contributed by atoms with Crippen molar-refractivity contribution in [1.29, 1.82) is 0 Å². The van der Waals surface area contributed by atoms with E-state index in [9.17, 15) is 0 Å². The number of rotatable bonds is 3. The molecule has 6 heteroatoms. The zero-order chi connectivity index (χ0) is 13.2. The van der Waals surface area contributed by atoms with Crippen LogP contribution in [0, 0.1) is 0 Å². The highest BCUT2D eigenvalue weighted by Gasteiger charge is 2.16. The van der Waals surface area contributed by atoms with Gasteiger partial charge in [-0.05, 0) is 19.4 Å². The van der Waals surface area contributed by atoms with Crippen LogP contribution < -0.4 is 4.52 Å². The SMILES string of the molecule is CC=N/C(=C\CC)c1cnc2[nH]n3ccc[n+]3c2n1. The summed E-state index contributed by atoms with van der Waals surface area (Å²) in [6, 6.07) is 1.94. The van der Waals surface area contributed by atoms with Crippen molar-refractivity contribution >= 4 is 23.2 Å². The summed E-state index contributed by atoms with van der Waals surface area (Å²) in [5.74, 6) is 0. The molecular formula is C13H15N6+. The average molecular weight is 255 g/mol. The highest BCUT2D eigenvalue weighted by Crippen LogP contribution is 2.14. The van der Waals surface area contributed by atoms with E-state index in [4.69, 9.17) is 0 Å². The van der Waals surface area contributed by atoms with Crippen LogP contribution in [0.1, 0.15) is 26.0 Å². The molecule has 0 aliphatic carbocycles. The molecule has 0 unspecified atom stereocenters. The van der Waals surface area contributed by atoms with Gasteiger partial charge >= 0.3 is 5.65 Å². The van der Waals surface area contributed by atoms with Gasteiger partial charge in [-0.15, -0.1) is 9.15 Å². The molecule has 3 aromatic rings. The van der Waals surface area contributed by atoms with Gasteiger partial charge in [0.25, 0.3) is 5.65 Å². The number of nitrogens with one attached hydrogen (secondary N) is 1. The molecule has 3 heterocycles. The molecule has 3 rings (SSSR count). The lowest BCUT2D eigenvalue weighted by Gasteiger charge is -1.95. The molecule has 19 heavy (non-hydrogen) atoms. The third-order valence-corrected chi connectivity index (χ3v) is 2.81. The van der Waals surface area contributed by atoms with E-state index in [0.29, 0.717) is 0 Å². The normalized spacial score (nSPS) is 13.1. The number of aliphatic imine (C=N–C) groups is 1. The third kappa shape index (κ3) is 1.91. The molecule has 0 aliphatic heterocycles. The first-order valence-electron chi connectivity index (χ1n) is 6.26. The van der Waals surface area contributed by atoms with Crippen LogP contribution in [0.4, 0.5) is 0 Å². The lowest BCUT2D eigenvalue weighted by atomic mass is 10.3. The van der Waals surface area contributed by atoms with Crippen molar-refractivity contribution < 1.29 is 4.52 Å². The Balaban J connectivity index is 2.21. The van der Waals surface area contributed by atoms with Gasteiger partial charge in [-0.1, -0.05) is 18.0 Å². The number of allylic oxidation sites excluding steroid dienone is 1. The third-order valence-electron chi connectivity index (χ3n) is 2.81. The highest BCUT2D eigenvalue weighted by molar-refractivity contribution is 5.73. The summed E-state index contributed by atoms with van der Waals surface area (Å²) in [4.78, 5) is 13.4. The van der Waals surface area contributed by atoms with E-state index in [1.54, 1.807) is 12.4 Å². The lowest BCUT2D eigenvalue weighted by Crippen LogP contribution is -2.24. The molecule has 0 aliphatic rings. The van der Waals surface area contributed by atoms with Crippen molar-refractivity contribution in [3.05, 3.63) is 36.4 Å². The Morgan fingerprint density at radius 2 is 2.47 bits per heavy atom. The fourth-order valence-corrected chi connectivity index (χ4v) is 2.01. The predicted octanol–water partition coefficient (Wildman–Crippen LogP) is 1.64.